The van der Waals surface area contributed by atoms with Crippen LogP contribution in [0, 0.1) is 11.0 Å². The first-order valence-electron chi connectivity index (χ1n) is 11.3. The topological polar surface area (TPSA) is 137 Å². The normalized spacial score (nSPS) is 15.0. The van der Waals surface area contributed by atoms with Crippen molar-refractivity contribution >= 4 is 28.9 Å². The fraction of sp³-hybridized carbons (Fsp3) is 0.167. The number of fused-ring (bicyclic) bond motifs is 1. The number of tetrazole rings is 1. The Morgan fingerprint density at radius 3 is 2.95 bits per heavy atom. The number of aromatic carboxylic acids is 1. The van der Waals surface area contributed by atoms with E-state index in [1.165, 1.54) is 28.8 Å². The standard InChI is InChI=1S/C24H17ClFN7O3S/c25-14-4-5-19(32-11-28-30-31-32)16(7-14)13-6-12-2-1-3-15(21(12)33(36)9-13)23-27-8-18(29-23)17-10-37-22(20(17)26)24(34)35/h4-11,15H,1-3H2,(H,27,29)(H,34,35). The number of aromatic amines is 1. The van der Waals surface area contributed by atoms with Crippen LogP contribution in [0.4, 0.5) is 4.39 Å². The van der Waals surface area contributed by atoms with E-state index in [2.05, 4.69) is 25.5 Å². The van der Waals surface area contributed by atoms with Crippen molar-refractivity contribution in [2.75, 3.05) is 0 Å². The van der Waals surface area contributed by atoms with E-state index in [0.717, 1.165) is 28.1 Å². The number of pyridine rings is 1. The molecule has 1 unspecified atom stereocenters. The first-order valence-corrected chi connectivity index (χ1v) is 12.5. The lowest BCUT2D eigenvalue weighted by molar-refractivity contribution is -0.615. The van der Waals surface area contributed by atoms with Gasteiger partial charge in [0.15, 0.2) is 12.0 Å². The number of aryl methyl sites for hydroxylation is 1. The van der Waals surface area contributed by atoms with Gasteiger partial charge in [-0.05, 0) is 54.0 Å². The summed E-state index contributed by atoms with van der Waals surface area (Å²) in [6.07, 6.45) is 6.64. The van der Waals surface area contributed by atoms with Gasteiger partial charge in [0.25, 0.3) is 0 Å². The van der Waals surface area contributed by atoms with Gasteiger partial charge in [0, 0.05) is 32.7 Å². The number of aromatic nitrogens is 7. The quantitative estimate of drug-likeness (QED) is 0.251. The summed E-state index contributed by atoms with van der Waals surface area (Å²) in [6, 6.07) is 7.25. The minimum Gasteiger partial charge on any atom is -0.618 e. The van der Waals surface area contributed by atoms with Crippen LogP contribution in [0.5, 0.6) is 0 Å². The highest BCUT2D eigenvalue weighted by molar-refractivity contribution is 7.12. The molecule has 0 spiro atoms. The number of halogens is 2. The van der Waals surface area contributed by atoms with Gasteiger partial charge in [-0.3, -0.25) is 0 Å². The second kappa shape index (κ2) is 9.05. The first-order chi connectivity index (χ1) is 17.9. The maximum Gasteiger partial charge on any atom is 0.348 e. The number of carboxylic acids is 1. The van der Waals surface area contributed by atoms with Gasteiger partial charge in [0.05, 0.1) is 17.6 Å². The van der Waals surface area contributed by atoms with Crippen molar-refractivity contribution < 1.29 is 19.0 Å². The number of carboxylic acid groups (broad SMARTS) is 1. The summed E-state index contributed by atoms with van der Waals surface area (Å²) < 4.78 is 17.0. The molecule has 10 nitrogen and oxygen atoms in total. The highest BCUT2D eigenvalue weighted by Gasteiger charge is 2.33. The summed E-state index contributed by atoms with van der Waals surface area (Å²) in [4.78, 5) is 18.4. The molecule has 1 aliphatic rings. The number of imidazole rings is 1. The Kier molecular flexibility index (Phi) is 5.69. The zero-order valence-corrected chi connectivity index (χ0v) is 20.5. The number of nitrogens with zero attached hydrogens (tertiary/aromatic N) is 6. The molecule has 37 heavy (non-hydrogen) atoms. The van der Waals surface area contributed by atoms with Crippen LogP contribution in [0.15, 0.2) is 48.4 Å². The van der Waals surface area contributed by atoms with E-state index < -0.39 is 11.8 Å². The molecule has 1 aliphatic carbocycles. The lowest BCUT2D eigenvalue weighted by atomic mass is 9.85. The molecule has 0 fully saturated rings. The number of carbonyl (C=O) groups is 1. The highest BCUT2D eigenvalue weighted by Crippen LogP contribution is 2.38. The van der Waals surface area contributed by atoms with Gasteiger partial charge in [-0.1, -0.05) is 11.6 Å². The Hall–Kier alpha value is -4.16. The van der Waals surface area contributed by atoms with Crippen LogP contribution in [-0.4, -0.2) is 41.3 Å². The lowest BCUT2D eigenvalue weighted by Gasteiger charge is -2.23. The Bertz CT molecular complexity index is 1650. The van der Waals surface area contributed by atoms with E-state index >= 15 is 0 Å². The largest absolute Gasteiger partial charge is 0.618 e. The minimum absolute atomic E-state index is 0.138. The van der Waals surface area contributed by atoms with E-state index in [4.69, 9.17) is 16.7 Å². The van der Waals surface area contributed by atoms with Crippen molar-refractivity contribution in [3.63, 3.8) is 0 Å². The fourth-order valence-electron chi connectivity index (χ4n) is 4.79. The Labute approximate surface area is 217 Å². The summed E-state index contributed by atoms with van der Waals surface area (Å²) in [5.41, 5.74) is 4.00. The predicted molar refractivity (Wildman–Crippen MR) is 132 cm³/mol. The fourth-order valence-corrected chi connectivity index (χ4v) is 5.74. The van der Waals surface area contributed by atoms with Crippen molar-refractivity contribution in [1.29, 1.82) is 0 Å². The van der Waals surface area contributed by atoms with Crippen LogP contribution >= 0.6 is 22.9 Å². The number of nitrogens with one attached hydrogen (secondary N) is 1. The molecule has 1 atom stereocenters. The predicted octanol–water partition coefficient (Wildman–Crippen LogP) is 4.37. The van der Waals surface area contributed by atoms with Crippen LogP contribution in [-0.2, 0) is 6.42 Å². The molecule has 1 aromatic carbocycles. The summed E-state index contributed by atoms with van der Waals surface area (Å²) in [5, 5.41) is 35.9. The molecule has 5 aromatic rings. The Morgan fingerprint density at radius 1 is 1.32 bits per heavy atom. The van der Waals surface area contributed by atoms with Crippen LogP contribution in [0.2, 0.25) is 5.02 Å². The molecular formula is C24H17ClFN7O3S. The summed E-state index contributed by atoms with van der Waals surface area (Å²) >= 11 is 7.10. The maximum absolute atomic E-state index is 14.6. The van der Waals surface area contributed by atoms with Crippen molar-refractivity contribution in [3.8, 4) is 28.1 Å². The van der Waals surface area contributed by atoms with Gasteiger partial charge in [0.1, 0.15) is 22.9 Å². The van der Waals surface area contributed by atoms with E-state index in [9.17, 15) is 14.4 Å². The van der Waals surface area contributed by atoms with Gasteiger partial charge >= 0.3 is 5.97 Å². The number of hydrogen-bond acceptors (Lipinski definition) is 7. The zero-order valence-electron chi connectivity index (χ0n) is 18.9. The third kappa shape index (κ3) is 4.03. The van der Waals surface area contributed by atoms with Crippen molar-refractivity contribution in [2.24, 2.45) is 0 Å². The minimum atomic E-state index is -1.32. The zero-order chi connectivity index (χ0) is 25.7. The molecule has 186 valence electrons. The van der Waals surface area contributed by atoms with Crippen LogP contribution in [0.25, 0.3) is 28.1 Å². The Balaban J connectivity index is 1.40. The number of rotatable bonds is 5. The van der Waals surface area contributed by atoms with Gasteiger partial charge in [-0.25, -0.2) is 14.2 Å². The molecule has 6 rings (SSSR count). The summed E-state index contributed by atoms with van der Waals surface area (Å²) in [7, 11) is 0. The maximum atomic E-state index is 14.6. The van der Waals surface area contributed by atoms with Crippen LogP contribution < -0.4 is 4.73 Å². The summed E-state index contributed by atoms with van der Waals surface area (Å²) in [6.45, 7) is 0. The molecule has 0 radical (unpaired) electrons. The molecular weight excluding hydrogens is 521 g/mol. The molecule has 13 heteroatoms. The molecule has 0 saturated heterocycles. The average Bonchev–Trinajstić information content (AvgIpc) is 3.64. The summed E-state index contributed by atoms with van der Waals surface area (Å²) in [5.74, 6) is -1.93. The second-order valence-electron chi connectivity index (χ2n) is 8.61. The first kappa shape index (κ1) is 23.3. The lowest BCUT2D eigenvalue weighted by Crippen LogP contribution is -2.37. The van der Waals surface area contributed by atoms with E-state index in [-0.39, 0.29) is 16.4 Å². The number of benzene rings is 1. The molecule has 4 aromatic heterocycles. The molecule has 0 aliphatic heterocycles. The highest BCUT2D eigenvalue weighted by atomic mass is 35.5. The van der Waals surface area contributed by atoms with E-state index in [1.807, 2.05) is 6.07 Å². The number of thiophene rings is 1. The molecule has 4 heterocycles. The number of hydrogen-bond donors (Lipinski definition) is 2. The third-order valence-corrected chi connectivity index (χ3v) is 7.61. The SMILES string of the molecule is O=C(O)c1scc(-c2cnc(C3CCCc4cc(-c5cc(Cl)ccc5-n5cnnn5)c[n+]([O-])c43)[nH]2)c1F. The van der Waals surface area contributed by atoms with Crippen LogP contribution in [0.3, 0.4) is 0 Å². The van der Waals surface area contributed by atoms with Crippen molar-refractivity contribution in [1.82, 2.24) is 30.2 Å². The molecule has 2 N–H and O–H groups in total. The third-order valence-electron chi connectivity index (χ3n) is 6.43. The number of H-pyrrole nitrogens is 1. The van der Waals surface area contributed by atoms with Gasteiger partial charge in [-0.2, -0.15) is 9.41 Å². The molecule has 0 bridgehead atoms. The van der Waals surface area contributed by atoms with E-state index in [0.29, 0.717) is 51.9 Å². The van der Waals surface area contributed by atoms with Gasteiger partial charge in [-0.15, -0.1) is 16.4 Å². The smallest absolute Gasteiger partial charge is 0.348 e. The van der Waals surface area contributed by atoms with Crippen molar-refractivity contribution in [2.45, 2.75) is 25.2 Å². The van der Waals surface area contributed by atoms with E-state index in [1.54, 1.807) is 18.2 Å². The monoisotopic (exact) mass is 537 g/mol. The molecule has 0 amide bonds. The van der Waals surface area contributed by atoms with Crippen molar-refractivity contribution in [3.05, 3.63) is 86.4 Å². The van der Waals surface area contributed by atoms with Gasteiger partial charge in [0.2, 0.25) is 5.69 Å². The Morgan fingerprint density at radius 2 is 2.19 bits per heavy atom. The average molecular weight is 538 g/mol. The second-order valence-corrected chi connectivity index (χ2v) is 9.92. The molecule has 0 saturated carbocycles. The van der Waals surface area contributed by atoms with Gasteiger partial charge < -0.3 is 15.3 Å². The van der Waals surface area contributed by atoms with Crippen LogP contribution in [0.1, 0.15) is 45.5 Å².